The Labute approximate surface area is 157 Å². The van der Waals surface area contributed by atoms with Crippen molar-refractivity contribution in [2.24, 2.45) is 0 Å². The fourth-order valence-electron chi connectivity index (χ4n) is 2.50. The van der Waals surface area contributed by atoms with E-state index < -0.39 is 62.5 Å². The maximum atomic E-state index is 14.5. The van der Waals surface area contributed by atoms with E-state index in [2.05, 4.69) is 0 Å². The van der Waals surface area contributed by atoms with Gasteiger partial charge in [0.1, 0.15) is 9.79 Å². The van der Waals surface area contributed by atoms with Crippen LogP contribution in [0, 0.1) is 23.3 Å². The van der Waals surface area contributed by atoms with E-state index in [1.54, 1.807) is 0 Å². The maximum Gasteiger partial charge on any atom is 0.212 e. The average Bonchev–Trinajstić information content (AvgIpc) is 2.68. The van der Waals surface area contributed by atoms with Crippen molar-refractivity contribution in [1.29, 1.82) is 0 Å². The van der Waals surface area contributed by atoms with Gasteiger partial charge in [-0.2, -0.15) is 0 Å². The van der Waals surface area contributed by atoms with E-state index in [0.29, 0.717) is 0 Å². The van der Waals surface area contributed by atoms with Gasteiger partial charge in [-0.3, -0.25) is 0 Å². The Morgan fingerprint density at radius 2 is 0.714 bits per heavy atom. The summed E-state index contributed by atoms with van der Waals surface area (Å²) in [4.78, 5) is -5.04. The number of benzene rings is 3. The molecule has 0 N–H and O–H groups in total. The highest BCUT2D eigenvalue weighted by molar-refractivity contribution is 7.92. The van der Waals surface area contributed by atoms with E-state index in [0.717, 1.165) is 24.3 Å². The van der Waals surface area contributed by atoms with E-state index >= 15 is 0 Å². The molecule has 0 aliphatic rings. The van der Waals surface area contributed by atoms with Gasteiger partial charge < -0.3 is 0 Å². The average molecular weight is 430 g/mol. The third kappa shape index (κ3) is 3.08. The molecule has 10 heteroatoms. The highest BCUT2D eigenvalue weighted by Crippen LogP contribution is 2.35. The van der Waals surface area contributed by atoms with E-state index in [9.17, 15) is 34.4 Å². The van der Waals surface area contributed by atoms with Crippen LogP contribution in [-0.2, 0) is 19.7 Å². The lowest BCUT2D eigenvalue weighted by molar-refractivity contribution is 0.390. The summed E-state index contributed by atoms with van der Waals surface area (Å²) in [5.41, 5.74) is 0. The number of rotatable bonds is 4. The van der Waals surface area contributed by atoms with E-state index in [1.165, 1.54) is 36.4 Å². The quantitative estimate of drug-likeness (QED) is 0.465. The lowest BCUT2D eigenvalue weighted by atomic mass is 10.3. The van der Waals surface area contributed by atoms with Crippen LogP contribution in [0.2, 0.25) is 0 Å². The Morgan fingerprint density at radius 3 is 0.964 bits per heavy atom. The summed E-state index contributed by atoms with van der Waals surface area (Å²) in [7, 11) is -9.99. The Morgan fingerprint density at radius 1 is 0.464 bits per heavy atom. The molecule has 146 valence electrons. The lowest BCUT2D eigenvalue weighted by Crippen LogP contribution is -2.17. The molecule has 0 radical (unpaired) electrons. The Kier molecular flexibility index (Phi) is 5.02. The molecule has 3 aromatic carbocycles. The second-order valence-corrected chi connectivity index (χ2v) is 9.32. The van der Waals surface area contributed by atoms with Crippen molar-refractivity contribution < 1.29 is 34.4 Å². The molecule has 0 atom stereocenters. The molecule has 0 aliphatic heterocycles. The first-order valence-corrected chi connectivity index (χ1v) is 10.5. The Bertz CT molecular complexity index is 1130. The molecule has 0 amide bonds. The zero-order valence-electron chi connectivity index (χ0n) is 13.7. The molecule has 28 heavy (non-hydrogen) atoms. The van der Waals surface area contributed by atoms with Gasteiger partial charge in [-0.25, -0.2) is 34.4 Å². The number of hydrogen-bond acceptors (Lipinski definition) is 4. The third-order valence-electron chi connectivity index (χ3n) is 3.83. The van der Waals surface area contributed by atoms with Gasteiger partial charge in [0.25, 0.3) is 0 Å². The predicted molar refractivity (Wildman–Crippen MR) is 90.1 cm³/mol. The summed E-state index contributed by atoms with van der Waals surface area (Å²) < 4.78 is 108. The second-order valence-electron chi connectivity index (χ2n) is 5.55. The van der Waals surface area contributed by atoms with Crippen molar-refractivity contribution in [1.82, 2.24) is 0 Å². The minimum atomic E-state index is -5.00. The van der Waals surface area contributed by atoms with Crippen LogP contribution in [0.25, 0.3) is 0 Å². The number of sulfone groups is 2. The minimum absolute atomic E-state index is 0.620. The van der Waals surface area contributed by atoms with Gasteiger partial charge in [0.2, 0.25) is 19.7 Å². The topological polar surface area (TPSA) is 68.3 Å². The van der Waals surface area contributed by atoms with E-state index in [-0.39, 0.29) is 0 Å². The SMILES string of the molecule is O=S(=O)(c1ccccc1)c1c(F)c(F)c(S(=O)(=O)c2ccccc2)c(F)c1F. The number of hydrogen-bond donors (Lipinski definition) is 0. The highest BCUT2D eigenvalue weighted by atomic mass is 32.2. The molecule has 0 spiro atoms. The van der Waals surface area contributed by atoms with Crippen LogP contribution in [0.4, 0.5) is 17.6 Å². The van der Waals surface area contributed by atoms with Crippen LogP contribution in [0.1, 0.15) is 0 Å². The summed E-state index contributed by atoms with van der Waals surface area (Å²) in [6, 6.07) is 11.7. The van der Waals surface area contributed by atoms with Crippen LogP contribution in [0.3, 0.4) is 0 Å². The first kappa shape index (κ1) is 20.0. The van der Waals surface area contributed by atoms with Crippen molar-refractivity contribution in [2.75, 3.05) is 0 Å². The molecular weight excluding hydrogens is 420 g/mol. The zero-order valence-corrected chi connectivity index (χ0v) is 15.4. The maximum absolute atomic E-state index is 14.5. The molecule has 0 heterocycles. The third-order valence-corrected chi connectivity index (χ3v) is 7.40. The first-order chi connectivity index (χ1) is 13.1. The summed E-state index contributed by atoms with van der Waals surface area (Å²) in [6.45, 7) is 0. The monoisotopic (exact) mass is 430 g/mol. The molecule has 0 saturated carbocycles. The summed E-state index contributed by atoms with van der Waals surface area (Å²) in [5.74, 6) is -9.29. The van der Waals surface area contributed by atoms with Crippen molar-refractivity contribution in [3.05, 3.63) is 83.9 Å². The molecule has 0 unspecified atom stereocenters. The Balaban J connectivity index is 2.34. The lowest BCUT2D eigenvalue weighted by Gasteiger charge is -2.13. The van der Waals surface area contributed by atoms with Gasteiger partial charge in [-0.1, -0.05) is 36.4 Å². The summed E-state index contributed by atoms with van der Waals surface area (Å²) >= 11 is 0. The number of halogens is 4. The fourth-order valence-corrected chi connectivity index (χ4v) is 5.30. The molecule has 0 aliphatic carbocycles. The smallest absolute Gasteiger partial charge is 0.212 e. The molecule has 0 saturated heterocycles. The first-order valence-electron chi connectivity index (χ1n) is 7.56. The standard InChI is InChI=1S/C18H10F4O4S2/c19-13-15(21)18(28(25,26)12-9-5-2-6-10-12)16(22)14(20)17(13)27(23,24)11-7-3-1-4-8-11/h1-10H. The minimum Gasteiger partial charge on any atom is -0.218 e. The molecule has 0 fully saturated rings. The van der Waals surface area contributed by atoms with Crippen LogP contribution in [0.5, 0.6) is 0 Å². The second kappa shape index (κ2) is 7.02. The molecular formula is C18H10F4O4S2. The van der Waals surface area contributed by atoms with Crippen LogP contribution in [-0.4, -0.2) is 16.8 Å². The van der Waals surface area contributed by atoms with Gasteiger partial charge >= 0.3 is 0 Å². The van der Waals surface area contributed by atoms with Crippen LogP contribution < -0.4 is 0 Å². The van der Waals surface area contributed by atoms with Crippen molar-refractivity contribution in [3.8, 4) is 0 Å². The largest absolute Gasteiger partial charge is 0.218 e. The molecule has 0 bridgehead atoms. The van der Waals surface area contributed by atoms with Gasteiger partial charge in [-0.05, 0) is 24.3 Å². The van der Waals surface area contributed by atoms with Gasteiger partial charge in [0.05, 0.1) is 9.79 Å². The fraction of sp³-hybridized carbons (Fsp3) is 0. The molecule has 3 aromatic rings. The summed E-state index contributed by atoms with van der Waals surface area (Å²) in [6.07, 6.45) is 0. The molecule has 0 aromatic heterocycles. The van der Waals surface area contributed by atoms with Crippen LogP contribution >= 0.6 is 0 Å². The Hall–Kier alpha value is -2.72. The zero-order chi connectivity index (χ0) is 20.7. The van der Waals surface area contributed by atoms with Gasteiger partial charge in [-0.15, -0.1) is 0 Å². The molecule has 4 nitrogen and oxygen atoms in total. The van der Waals surface area contributed by atoms with Gasteiger partial charge in [0, 0.05) is 0 Å². The molecule has 3 rings (SSSR count). The highest BCUT2D eigenvalue weighted by Gasteiger charge is 2.38. The van der Waals surface area contributed by atoms with E-state index in [4.69, 9.17) is 0 Å². The van der Waals surface area contributed by atoms with Crippen molar-refractivity contribution in [2.45, 2.75) is 19.6 Å². The van der Waals surface area contributed by atoms with Crippen LogP contribution in [0.15, 0.2) is 80.2 Å². The van der Waals surface area contributed by atoms with Crippen molar-refractivity contribution in [3.63, 3.8) is 0 Å². The summed E-state index contributed by atoms with van der Waals surface area (Å²) in [5, 5.41) is 0. The predicted octanol–water partition coefficient (Wildman–Crippen LogP) is 3.91. The van der Waals surface area contributed by atoms with Crippen molar-refractivity contribution >= 4 is 19.7 Å². The van der Waals surface area contributed by atoms with E-state index in [1.807, 2.05) is 0 Å². The normalized spacial score (nSPS) is 12.1. The van der Waals surface area contributed by atoms with Gasteiger partial charge in [0.15, 0.2) is 23.3 Å².